The van der Waals surface area contributed by atoms with Gasteiger partial charge in [-0.1, -0.05) is 0 Å². The summed E-state index contributed by atoms with van der Waals surface area (Å²) in [5.41, 5.74) is 5.18. The molecule has 3 N–H and O–H groups in total. The van der Waals surface area contributed by atoms with Crippen LogP contribution in [0.3, 0.4) is 0 Å². The normalized spacial score (nSPS) is 17.5. The van der Waals surface area contributed by atoms with Gasteiger partial charge in [0.25, 0.3) is 0 Å². The van der Waals surface area contributed by atoms with Gasteiger partial charge in [-0.2, -0.15) is 11.8 Å². The van der Waals surface area contributed by atoms with Gasteiger partial charge in [0.2, 0.25) is 11.8 Å². The van der Waals surface area contributed by atoms with Crippen LogP contribution in [0.1, 0.15) is 19.3 Å². The van der Waals surface area contributed by atoms with E-state index in [0.717, 1.165) is 18.6 Å². The highest BCUT2D eigenvalue weighted by Gasteiger charge is 2.31. The number of primary amides is 1. The third-order valence-corrected chi connectivity index (χ3v) is 2.86. The zero-order valence-corrected chi connectivity index (χ0v) is 9.10. The number of hydrogen-bond acceptors (Lipinski definition) is 3. The molecular weight excluding hydrogens is 200 g/mol. The van der Waals surface area contributed by atoms with Crippen LogP contribution in [0.2, 0.25) is 0 Å². The number of hydrogen-bond donors (Lipinski definition) is 2. The van der Waals surface area contributed by atoms with Crippen LogP contribution in [0, 0.1) is 5.92 Å². The minimum atomic E-state index is -0.490. The number of carbonyl (C=O) groups is 2. The van der Waals surface area contributed by atoms with E-state index in [1.807, 2.05) is 6.26 Å². The molecule has 0 heterocycles. The van der Waals surface area contributed by atoms with Gasteiger partial charge in [0.15, 0.2) is 0 Å². The Kier molecular flexibility index (Phi) is 4.25. The largest absolute Gasteiger partial charge is 0.368 e. The molecule has 0 unspecified atom stereocenters. The maximum atomic E-state index is 11.4. The Hall–Kier alpha value is -0.710. The summed E-state index contributed by atoms with van der Waals surface area (Å²) in [7, 11) is 0. The molecule has 0 saturated heterocycles. The van der Waals surface area contributed by atoms with Crippen LogP contribution in [0.15, 0.2) is 0 Å². The predicted octanol–water partition coefficient (Wildman–Crippen LogP) is 0.120. The molecule has 0 radical (unpaired) electrons. The van der Waals surface area contributed by atoms with Crippen LogP contribution in [0.25, 0.3) is 0 Å². The zero-order valence-electron chi connectivity index (χ0n) is 8.29. The van der Waals surface area contributed by atoms with Crippen molar-refractivity contribution in [3.05, 3.63) is 0 Å². The average molecular weight is 216 g/mol. The van der Waals surface area contributed by atoms with Gasteiger partial charge < -0.3 is 11.1 Å². The molecule has 0 spiro atoms. The van der Waals surface area contributed by atoms with E-state index in [0.29, 0.717) is 6.42 Å². The molecule has 80 valence electrons. The van der Waals surface area contributed by atoms with Crippen LogP contribution < -0.4 is 11.1 Å². The van der Waals surface area contributed by atoms with Crippen molar-refractivity contribution in [3.8, 4) is 0 Å². The van der Waals surface area contributed by atoms with Gasteiger partial charge in [-0.25, -0.2) is 0 Å². The van der Waals surface area contributed by atoms with Crippen molar-refractivity contribution in [3.63, 3.8) is 0 Å². The highest BCUT2D eigenvalue weighted by molar-refractivity contribution is 7.98. The van der Waals surface area contributed by atoms with Gasteiger partial charge >= 0.3 is 0 Å². The predicted molar refractivity (Wildman–Crippen MR) is 56.8 cm³/mol. The Balaban J connectivity index is 2.33. The Labute approximate surface area is 88.0 Å². The minimum Gasteiger partial charge on any atom is -0.368 e. The summed E-state index contributed by atoms with van der Waals surface area (Å²) in [4.78, 5) is 22.3. The second kappa shape index (κ2) is 5.24. The van der Waals surface area contributed by atoms with Crippen molar-refractivity contribution in [1.82, 2.24) is 5.32 Å². The molecule has 0 aromatic rings. The van der Waals surface area contributed by atoms with Crippen molar-refractivity contribution >= 4 is 23.6 Å². The van der Waals surface area contributed by atoms with Gasteiger partial charge in [0.1, 0.15) is 6.04 Å². The Morgan fingerprint density at radius 3 is 2.64 bits per heavy atom. The molecule has 2 amide bonds. The number of nitrogens with two attached hydrogens (primary N) is 1. The molecule has 1 aliphatic rings. The molecule has 0 aromatic heterocycles. The van der Waals surface area contributed by atoms with E-state index in [4.69, 9.17) is 5.73 Å². The molecule has 1 saturated carbocycles. The van der Waals surface area contributed by atoms with Crippen molar-refractivity contribution < 1.29 is 9.59 Å². The van der Waals surface area contributed by atoms with E-state index in [1.165, 1.54) is 0 Å². The summed E-state index contributed by atoms with van der Waals surface area (Å²) in [6.45, 7) is 0. The molecule has 0 aromatic carbocycles. The van der Waals surface area contributed by atoms with Gasteiger partial charge in [0.05, 0.1) is 0 Å². The standard InChI is InChI=1S/C9H16N2O2S/c1-14-5-4-7(8(10)12)11-9(13)6-2-3-6/h6-7H,2-5H2,1H3,(H2,10,12)(H,11,13)/t7-/m1/s1. The average Bonchev–Trinajstić information content (AvgIpc) is 2.94. The molecule has 0 aliphatic heterocycles. The second-order valence-electron chi connectivity index (χ2n) is 3.52. The summed E-state index contributed by atoms with van der Waals surface area (Å²) in [5.74, 6) is 0.507. The van der Waals surface area contributed by atoms with Crippen LogP contribution in [-0.4, -0.2) is 29.9 Å². The summed E-state index contributed by atoms with van der Waals surface area (Å²) in [5, 5.41) is 2.69. The van der Waals surface area contributed by atoms with Crippen LogP contribution >= 0.6 is 11.8 Å². The first kappa shape index (κ1) is 11.4. The number of amides is 2. The van der Waals surface area contributed by atoms with Crippen molar-refractivity contribution in [2.24, 2.45) is 11.7 Å². The molecule has 1 rings (SSSR count). The number of nitrogens with one attached hydrogen (secondary N) is 1. The fraction of sp³-hybridized carbons (Fsp3) is 0.778. The summed E-state index contributed by atoms with van der Waals surface area (Å²) >= 11 is 1.64. The summed E-state index contributed by atoms with van der Waals surface area (Å²) in [6, 6.07) is -0.490. The van der Waals surface area contributed by atoms with Crippen LogP contribution in [0.4, 0.5) is 0 Å². The number of thioether (sulfide) groups is 1. The quantitative estimate of drug-likeness (QED) is 0.662. The van der Waals surface area contributed by atoms with Crippen molar-refractivity contribution in [2.75, 3.05) is 12.0 Å². The fourth-order valence-corrected chi connectivity index (χ4v) is 1.63. The van der Waals surface area contributed by atoms with Crippen LogP contribution in [0.5, 0.6) is 0 Å². The number of rotatable bonds is 6. The molecule has 1 aliphatic carbocycles. The lowest BCUT2D eigenvalue weighted by atomic mass is 10.2. The van der Waals surface area contributed by atoms with Crippen molar-refractivity contribution in [2.45, 2.75) is 25.3 Å². The molecule has 5 heteroatoms. The van der Waals surface area contributed by atoms with Gasteiger partial charge in [-0.05, 0) is 31.3 Å². The van der Waals surface area contributed by atoms with E-state index < -0.39 is 11.9 Å². The SMILES string of the molecule is CSCC[C@@H](NC(=O)C1CC1)C(N)=O. The zero-order chi connectivity index (χ0) is 10.6. The van der Waals surface area contributed by atoms with Gasteiger partial charge in [0, 0.05) is 5.92 Å². The lowest BCUT2D eigenvalue weighted by Gasteiger charge is -2.14. The summed E-state index contributed by atoms with van der Waals surface area (Å²) < 4.78 is 0. The van der Waals surface area contributed by atoms with E-state index in [2.05, 4.69) is 5.32 Å². The first-order valence-corrected chi connectivity index (χ1v) is 6.13. The highest BCUT2D eigenvalue weighted by Crippen LogP contribution is 2.28. The molecule has 14 heavy (non-hydrogen) atoms. The third-order valence-electron chi connectivity index (χ3n) is 2.22. The lowest BCUT2D eigenvalue weighted by Crippen LogP contribution is -2.45. The second-order valence-corrected chi connectivity index (χ2v) is 4.50. The summed E-state index contributed by atoms with van der Waals surface area (Å²) in [6.07, 6.45) is 4.47. The first-order chi connectivity index (χ1) is 6.65. The minimum absolute atomic E-state index is 0.0186. The van der Waals surface area contributed by atoms with E-state index in [-0.39, 0.29) is 11.8 Å². The highest BCUT2D eigenvalue weighted by atomic mass is 32.2. The smallest absolute Gasteiger partial charge is 0.240 e. The molecular formula is C9H16N2O2S. The van der Waals surface area contributed by atoms with E-state index in [1.54, 1.807) is 11.8 Å². The molecule has 0 bridgehead atoms. The molecule has 4 nitrogen and oxygen atoms in total. The fourth-order valence-electron chi connectivity index (χ4n) is 1.16. The topological polar surface area (TPSA) is 72.2 Å². The van der Waals surface area contributed by atoms with E-state index in [9.17, 15) is 9.59 Å². The third kappa shape index (κ3) is 3.57. The molecule has 1 fully saturated rings. The molecule has 1 atom stereocenters. The maximum absolute atomic E-state index is 11.4. The Morgan fingerprint density at radius 2 is 2.21 bits per heavy atom. The monoisotopic (exact) mass is 216 g/mol. The van der Waals surface area contributed by atoms with Crippen LogP contribution in [-0.2, 0) is 9.59 Å². The van der Waals surface area contributed by atoms with E-state index >= 15 is 0 Å². The number of carbonyl (C=O) groups excluding carboxylic acids is 2. The van der Waals surface area contributed by atoms with Crippen molar-refractivity contribution in [1.29, 1.82) is 0 Å². The Morgan fingerprint density at radius 1 is 1.57 bits per heavy atom. The first-order valence-electron chi connectivity index (χ1n) is 4.73. The van der Waals surface area contributed by atoms with Gasteiger partial charge in [-0.3, -0.25) is 9.59 Å². The Bertz CT molecular complexity index is 229. The van der Waals surface area contributed by atoms with Gasteiger partial charge in [-0.15, -0.1) is 0 Å². The maximum Gasteiger partial charge on any atom is 0.240 e. The lowest BCUT2D eigenvalue weighted by molar-refractivity contribution is -0.128.